The summed E-state index contributed by atoms with van der Waals surface area (Å²) in [6, 6.07) is 2.62. The molecule has 0 amide bonds. The van der Waals surface area contributed by atoms with Crippen LogP contribution in [0.1, 0.15) is 10.4 Å². The van der Waals surface area contributed by atoms with Crippen LogP contribution in [0.15, 0.2) is 16.6 Å². The fraction of sp³-hybridized carbons (Fsp3) is 0. The van der Waals surface area contributed by atoms with E-state index in [-0.39, 0.29) is 15.5 Å². The van der Waals surface area contributed by atoms with Gasteiger partial charge in [-0.3, -0.25) is 4.79 Å². The largest absolute Gasteiger partial charge is 0.492 e. The fourth-order valence-corrected chi connectivity index (χ4v) is 1.42. The van der Waals surface area contributed by atoms with E-state index in [0.717, 1.165) is 0 Å². The Hall–Kier alpha value is -0.715. The molecule has 1 aromatic carbocycles. The second-order valence-corrected chi connectivity index (χ2v) is 3.21. The second kappa shape index (κ2) is 4.00. The number of aldehydes is 1. The minimum absolute atomic E-state index is 0.202. The maximum absolute atomic E-state index is 13.2. The van der Waals surface area contributed by atoms with Crippen molar-refractivity contribution >= 4 is 34.8 Å². The van der Waals surface area contributed by atoms with Gasteiger partial charge < -0.3 is 10.0 Å². The lowest BCUT2D eigenvalue weighted by Crippen LogP contribution is -2.34. The summed E-state index contributed by atoms with van der Waals surface area (Å²) in [5.41, 5.74) is -0.532. The molecule has 13 heavy (non-hydrogen) atoms. The standard InChI is InChI=1S/C7H5BBrFO3/c9-5-2-1-4(3-11)7(10)6(5)8(12)13/h1-3,12-13H. The normalized spacial score (nSPS) is 9.85. The highest BCUT2D eigenvalue weighted by Crippen LogP contribution is 2.12. The summed E-state index contributed by atoms with van der Waals surface area (Å²) >= 11 is 2.94. The summed E-state index contributed by atoms with van der Waals surface area (Å²) in [4.78, 5) is 10.3. The molecular formula is C7H5BBrFO3. The molecule has 0 aliphatic carbocycles. The predicted molar refractivity (Wildman–Crippen MR) is 49.3 cm³/mol. The maximum atomic E-state index is 13.2. The van der Waals surface area contributed by atoms with Crippen LogP contribution < -0.4 is 5.46 Å². The third-order valence-electron chi connectivity index (χ3n) is 1.54. The zero-order valence-electron chi connectivity index (χ0n) is 6.37. The van der Waals surface area contributed by atoms with Crippen molar-refractivity contribution in [1.82, 2.24) is 0 Å². The molecule has 0 heterocycles. The molecule has 1 aromatic rings. The Balaban J connectivity index is 3.38. The Bertz CT molecular complexity index is 343. The van der Waals surface area contributed by atoms with E-state index < -0.39 is 12.9 Å². The van der Waals surface area contributed by atoms with Gasteiger partial charge in [0.05, 0.1) is 0 Å². The lowest BCUT2D eigenvalue weighted by molar-refractivity contribution is 0.112. The summed E-state index contributed by atoms with van der Waals surface area (Å²) < 4.78 is 13.4. The molecule has 0 radical (unpaired) electrons. The monoisotopic (exact) mass is 246 g/mol. The molecule has 0 spiro atoms. The first kappa shape index (κ1) is 10.4. The van der Waals surface area contributed by atoms with Gasteiger partial charge in [-0.05, 0) is 12.1 Å². The highest BCUT2D eigenvalue weighted by atomic mass is 79.9. The zero-order valence-corrected chi connectivity index (χ0v) is 7.95. The minimum Gasteiger partial charge on any atom is -0.423 e. The van der Waals surface area contributed by atoms with Gasteiger partial charge in [-0.25, -0.2) is 4.39 Å². The third-order valence-corrected chi connectivity index (χ3v) is 2.23. The Labute approximate surface area is 82.5 Å². The van der Waals surface area contributed by atoms with Gasteiger partial charge in [0.2, 0.25) is 0 Å². The van der Waals surface area contributed by atoms with Crippen molar-refractivity contribution in [3.63, 3.8) is 0 Å². The SMILES string of the molecule is O=Cc1ccc(Br)c(B(O)O)c1F. The lowest BCUT2D eigenvalue weighted by Gasteiger charge is -2.05. The number of benzene rings is 1. The van der Waals surface area contributed by atoms with Crippen LogP contribution in [-0.2, 0) is 0 Å². The number of halogens is 2. The van der Waals surface area contributed by atoms with E-state index in [1.54, 1.807) is 0 Å². The number of hydrogen-bond acceptors (Lipinski definition) is 3. The van der Waals surface area contributed by atoms with Crippen LogP contribution in [0.2, 0.25) is 0 Å². The van der Waals surface area contributed by atoms with E-state index in [1.807, 2.05) is 0 Å². The van der Waals surface area contributed by atoms with Crippen LogP contribution in [0.3, 0.4) is 0 Å². The maximum Gasteiger partial charge on any atom is 0.492 e. The highest BCUT2D eigenvalue weighted by Gasteiger charge is 2.22. The summed E-state index contributed by atoms with van der Waals surface area (Å²) in [6.07, 6.45) is 0.313. The van der Waals surface area contributed by atoms with E-state index in [4.69, 9.17) is 10.0 Å². The number of carbonyl (C=O) groups excluding carboxylic acids is 1. The Morgan fingerprint density at radius 2 is 2.08 bits per heavy atom. The molecule has 0 atom stereocenters. The molecule has 68 valence electrons. The van der Waals surface area contributed by atoms with E-state index >= 15 is 0 Å². The first-order valence-corrected chi connectivity index (χ1v) is 4.16. The van der Waals surface area contributed by atoms with Crippen LogP contribution >= 0.6 is 15.9 Å². The molecule has 0 aromatic heterocycles. The van der Waals surface area contributed by atoms with Crippen molar-refractivity contribution in [1.29, 1.82) is 0 Å². The van der Waals surface area contributed by atoms with Gasteiger partial charge in [0.25, 0.3) is 0 Å². The third kappa shape index (κ3) is 1.96. The second-order valence-electron chi connectivity index (χ2n) is 2.36. The molecule has 0 aliphatic rings. The Morgan fingerprint density at radius 1 is 1.46 bits per heavy atom. The van der Waals surface area contributed by atoms with Crippen LogP contribution in [0, 0.1) is 5.82 Å². The molecule has 0 bridgehead atoms. The van der Waals surface area contributed by atoms with Crippen molar-refractivity contribution in [2.75, 3.05) is 0 Å². The van der Waals surface area contributed by atoms with Crippen LogP contribution in [0.5, 0.6) is 0 Å². The topological polar surface area (TPSA) is 57.5 Å². The van der Waals surface area contributed by atoms with Crippen LogP contribution in [-0.4, -0.2) is 23.5 Å². The minimum atomic E-state index is -1.94. The van der Waals surface area contributed by atoms with E-state index in [0.29, 0.717) is 6.29 Å². The smallest absolute Gasteiger partial charge is 0.423 e. The number of rotatable bonds is 2. The van der Waals surface area contributed by atoms with E-state index in [1.165, 1.54) is 12.1 Å². The Morgan fingerprint density at radius 3 is 2.54 bits per heavy atom. The molecule has 0 unspecified atom stereocenters. The lowest BCUT2D eigenvalue weighted by atomic mass is 9.79. The molecule has 1 rings (SSSR count). The van der Waals surface area contributed by atoms with Crippen LogP contribution in [0.4, 0.5) is 4.39 Å². The van der Waals surface area contributed by atoms with Crippen LogP contribution in [0.25, 0.3) is 0 Å². The number of hydrogen-bond donors (Lipinski definition) is 2. The fourth-order valence-electron chi connectivity index (χ4n) is 0.914. The van der Waals surface area contributed by atoms with Crippen molar-refractivity contribution in [3.8, 4) is 0 Å². The van der Waals surface area contributed by atoms with Gasteiger partial charge in [-0.1, -0.05) is 15.9 Å². The molecule has 2 N–H and O–H groups in total. The zero-order chi connectivity index (χ0) is 10.0. The van der Waals surface area contributed by atoms with Crippen molar-refractivity contribution in [3.05, 3.63) is 28.0 Å². The molecule has 0 fully saturated rings. The molecule has 0 saturated carbocycles. The summed E-state index contributed by atoms with van der Waals surface area (Å²) in [6.45, 7) is 0. The van der Waals surface area contributed by atoms with Gasteiger partial charge in [0.15, 0.2) is 6.29 Å². The predicted octanol–water partition coefficient (Wildman–Crippen LogP) is 0.0805. The highest BCUT2D eigenvalue weighted by molar-refractivity contribution is 9.10. The van der Waals surface area contributed by atoms with E-state index in [9.17, 15) is 9.18 Å². The van der Waals surface area contributed by atoms with Gasteiger partial charge in [-0.2, -0.15) is 0 Å². The summed E-state index contributed by atoms with van der Waals surface area (Å²) in [5.74, 6) is -0.917. The molecule has 6 heteroatoms. The first-order valence-electron chi connectivity index (χ1n) is 3.37. The molecule has 0 saturated heterocycles. The average Bonchev–Trinajstić information content (AvgIpc) is 2.04. The average molecular weight is 247 g/mol. The molecule has 0 aliphatic heterocycles. The quantitative estimate of drug-likeness (QED) is 0.574. The summed E-state index contributed by atoms with van der Waals surface area (Å²) in [7, 11) is -1.94. The molecule has 3 nitrogen and oxygen atoms in total. The van der Waals surface area contributed by atoms with Crippen molar-refractivity contribution in [2.45, 2.75) is 0 Å². The van der Waals surface area contributed by atoms with Gasteiger partial charge in [-0.15, -0.1) is 0 Å². The van der Waals surface area contributed by atoms with Gasteiger partial charge in [0.1, 0.15) is 5.82 Å². The van der Waals surface area contributed by atoms with Crippen molar-refractivity contribution in [2.24, 2.45) is 0 Å². The Kier molecular flexibility index (Phi) is 3.19. The first-order chi connectivity index (χ1) is 6.07. The number of carbonyl (C=O) groups is 1. The van der Waals surface area contributed by atoms with Crippen molar-refractivity contribution < 1.29 is 19.2 Å². The van der Waals surface area contributed by atoms with E-state index in [2.05, 4.69) is 15.9 Å². The van der Waals surface area contributed by atoms with Gasteiger partial charge >= 0.3 is 7.12 Å². The van der Waals surface area contributed by atoms with Gasteiger partial charge in [0, 0.05) is 15.5 Å². The summed E-state index contributed by atoms with van der Waals surface area (Å²) in [5, 5.41) is 17.5. The molecular weight excluding hydrogens is 242 g/mol.